The number of nitrogens with zero attached hydrogens (tertiary/aromatic N) is 5. The Labute approximate surface area is 335 Å². The zero-order chi connectivity index (χ0) is 38.5. The fraction of sp³-hybridized carbons (Fsp3) is 0.0196. The highest BCUT2D eigenvalue weighted by atomic mass is 16.6. The van der Waals surface area contributed by atoms with E-state index in [9.17, 15) is 0 Å². The Bertz CT molecular complexity index is 2840. The van der Waals surface area contributed by atoms with Crippen molar-refractivity contribution in [1.29, 1.82) is 0 Å². The van der Waals surface area contributed by atoms with E-state index < -0.39 is 5.41 Å². The summed E-state index contributed by atoms with van der Waals surface area (Å²) in [6.07, 6.45) is 11.0. The van der Waals surface area contributed by atoms with Gasteiger partial charge in [-0.05, 0) is 94.5 Å². The van der Waals surface area contributed by atoms with Crippen LogP contribution in [0.2, 0.25) is 0 Å². The number of hydrogen-bond acceptors (Lipinski definition) is 7. The molecule has 5 aromatic carbocycles. The summed E-state index contributed by atoms with van der Waals surface area (Å²) in [4.78, 5) is 20.7. The van der Waals surface area contributed by atoms with E-state index in [1.54, 1.807) is 12.4 Å². The van der Waals surface area contributed by atoms with Gasteiger partial charge in [0.15, 0.2) is 23.0 Å². The van der Waals surface area contributed by atoms with Crippen molar-refractivity contribution >= 4 is 17.3 Å². The van der Waals surface area contributed by atoms with Crippen LogP contribution in [-0.4, -0.2) is 19.9 Å². The van der Waals surface area contributed by atoms with Crippen LogP contribution in [0.5, 0.6) is 23.0 Å². The SMILES string of the molecule is c1ccc(C2(c3ccc(N(c4ccc(-c5cccnc5)cn4)c4ccc(-c5cccnc5)cn4)cc3)c3ccccc3-c3c2ccc2c3Oc3ccccc3O2)cc1. The highest BCUT2D eigenvalue weighted by molar-refractivity contribution is 5.92. The normalized spacial score (nSPS) is 14.6. The second kappa shape index (κ2) is 13.7. The van der Waals surface area contributed by atoms with E-state index in [0.717, 1.165) is 73.1 Å². The first-order chi connectivity index (χ1) is 28.8. The second-order valence-electron chi connectivity index (χ2n) is 14.3. The molecule has 0 spiro atoms. The predicted octanol–water partition coefficient (Wildman–Crippen LogP) is 12.3. The first kappa shape index (κ1) is 33.4. The third-order valence-electron chi connectivity index (χ3n) is 11.1. The second-order valence-corrected chi connectivity index (χ2v) is 14.3. The first-order valence-corrected chi connectivity index (χ1v) is 19.2. The number of fused-ring (bicyclic) bond motifs is 6. The summed E-state index contributed by atoms with van der Waals surface area (Å²) < 4.78 is 13.2. The van der Waals surface area contributed by atoms with Gasteiger partial charge in [0.2, 0.25) is 0 Å². The maximum Gasteiger partial charge on any atom is 0.178 e. The maximum atomic E-state index is 6.71. The molecule has 274 valence electrons. The average molecular weight is 748 g/mol. The molecule has 0 amide bonds. The molecule has 11 rings (SSSR count). The Hall–Kier alpha value is -7.90. The van der Waals surface area contributed by atoms with Crippen LogP contribution >= 0.6 is 0 Å². The monoisotopic (exact) mass is 747 g/mol. The summed E-state index contributed by atoms with van der Waals surface area (Å²) in [5.74, 6) is 4.31. The van der Waals surface area contributed by atoms with Gasteiger partial charge in [0.25, 0.3) is 0 Å². The van der Waals surface area contributed by atoms with Crippen molar-refractivity contribution in [2.45, 2.75) is 5.41 Å². The number of rotatable bonds is 7. The molecule has 2 aliphatic rings. The van der Waals surface area contributed by atoms with Crippen molar-refractivity contribution in [3.05, 3.63) is 223 Å². The van der Waals surface area contributed by atoms with Crippen molar-refractivity contribution in [1.82, 2.24) is 19.9 Å². The lowest BCUT2D eigenvalue weighted by molar-refractivity contribution is 0.360. The minimum Gasteiger partial charge on any atom is -0.449 e. The van der Waals surface area contributed by atoms with Gasteiger partial charge in [-0.1, -0.05) is 97.1 Å². The van der Waals surface area contributed by atoms with Gasteiger partial charge in [-0.3, -0.25) is 14.9 Å². The van der Waals surface area contributed by atoms with Crippen LogP contribution in [0.1, 0.15) is 22.3 Å². The van der Waals surface area contributed by atoms with Gasteiger partial charge < -0.3 is 9.47 Å². The van der Waals surface area contributed by atoms with Crippen LogP contribution in [0.25, 0.3) is 33.4 Å². The van der Waals surface area contributed by atoms with Crippen molar-refractivity contribution in [3.8, 4) is 56.4 Å². The zero-order valence-corrected chi connectivity index (χ0v) is 31.1. The van der Waals surface area contributed by atoms with Crippen molar-refractivity contribution in [2.24, 2.45) is 0 Å². The lowest BCUT2D eigenvalue weighted by Crippen LogP contribution is -2.28. The minimum atomic E-state index is -0.654. The summed E-state index contributed by atoms with van der Waals surface area (Å²) in [5.41, 5.74) is 11.0. The number of pyridine rings is 4. The van der Waals surface area contributed by atoms with E-state index in [1.165, 1.54) is 5.56 Å². The lowest BCUT2D eigenvalue weighted by Gasteiger charge is -2.34. The van der Waals surface area contributed by atoms with Crippen LogP contribution in [0, 0.1) is 0 Å². The van der Waals surface area contributed by atoms with Crippen molar-refractivity contribution in [2.75, 3.05) is 4.90 Å². The van der Waals surface area contributed by atoms with E-state index >= 15 is 0 Å². The number of aromatic nitrogens is 4. The number of hydrogen-bond donors (Lipinski definition) is 0. The van der Waals surface area contributed by atoms with Gasteiger partial charge in [0, 0.05) is 70.7 Å². The molecule has 4 aromatic heterocycles. The molecule has 1 aliphatic heterocycles. The molecule has 0 saturated carbocycles. The zero-order valence-electron chi connectivity index (χ0n) is 31.1. The van der Waals surface area contributed by atoms with Gasteiger partial charge in [0.05, 0.1) is 5.41 Å². The van der Waals surface area contributed by atoms with Crippen LogP contribution in [0.4, 0.5) is 17.3 Å². The van der Waals surface area contributed by atoms with E-state index in [0.29, 0.717) is 17.2 Å². The first-order valence-electron chi connectivity index (χ1n) is 19.2. The molecule has 7 nitrogen and oxygen atoms in total. The molecule has 0 saturated heterocycles. The van der Waals surface area contributed by atoms with Crippen LogP contribution in [0.15, 0.2) is 201 Å². The molecule has 0 bridgehead atoms. The molecule has 1 unspecified atom stereocenters. The van der Waals surface area contributed by atoms with Crippen molar-refractivity contribution < 1.29 is 9.47 Å². The van der Waals surface area contributed by atoms with Crippen LogP contribution in [0.3, 0.4) is 0 Å². The third-order valence-corrected chi connectivity index (χ3v) is 11.1. The van der Waals surface area contributed by atoms with E-state index in [4.69, 9.17) is 19.4 Å². The largest absolute Gasteiger partial charge is 0.449 e. The van der Waals surface area contributed by atoms with Gasteiger partial charge in [0.1, 0.15) is 11.6 Å². The molecule has 9 aromatic rings. The molecule has 58 heavy (non-hydrogen) atoms. The van der Waals surface area contributed by atoms with Gasteiger partial charge >= 0.3 is 0 Å². The summed E-state index contributed by atoms with van der Waals surface area (Å²) >= 11 is 0. The number of ether oxygens (including phenoxy) is 2. The molecule has 0 fully saturated rings. The van der Waals surface area contributed by atoms with E-state index in [-0.39, 0.29) is 0 Å². The molecule has 5 heterocycles. The van der Waals surface area contributed by atoms with Gasteiger partial charge in [-0.25, -0.2) is 9.97 Å². The highest BCUT2D eigenvalue weighted by Crippen LogP contribution is 2.62. The fourth-order valence-corrected chi connectivity index (χ4v) is 8.51. The Balaban J connectivity index is 1.06. The molecule has 0 radical (unpaired) electrons. The van der Waals surface area contributed by atoms with E-state index in [2.05, 4.69) is 112 Å². The fourth-order valence-electron chi connectivity index (χ4n) is 8.51. The maximum absolute atomic E-state index is 6.71. The summed E-state index contributed by atoms with van der Waals surface area (Å²) in [7, 11) is 0. The van der Waals surface area contributed by atoms with Crippen LogP contribution < -0.4 is 14.4 Å². The topological polar surface area (TPSA) is 73.3 Å². The lowest BCUT2D eigenvalue weighted by atomic mass is 9.67. The quantitative estimate of drug-likeness (QED) is 0.161. The molecular weight excluding hydrogens is 715 g/mol. The number of anilines is 3. The van der Waals surface area contributed by atoms with Gasteiger partial charge in [-0.2, -0.15) is 0 Å². The predicted molar refractivity (Wildman–Crippen MR) is 227 cm³/mol. The minimum absolute atomic E-state index is 0.654. The van der Waals surface area contributed by atoms with Crippen LogP contribution in [-0.2, 0) is 5.41 Å². The smallest absolute Gasteiger partial charge is 0.178 e. The summed E-state index contributed by atoms with van der Waals surface area (Å²) in [6.45, 7) is 0. The number of para-hydroxylation sites is 2. The molecular formula is C51H33N5O2. The standard InChI is InChI=1S/C51H33N5O2/c1-2-12-38(13-3-1)51(42-15-5-4-14-41(42)49-43(51)24-25-46-50(49)58-45-17-7-6-16-44(45)57-46)39-20-22-40(23-21-39)56(47-26-18-36(32-54-47)34-10-8-28-52-30-34)48-27-19-37(33-55-48)35-11-9-29-53-31-35/h1-33H. The summed E-state index contributed by atoms with van der Waals surface area (Å²) in [6, 6.07) is 56.5. The Morgan fingerprint density at radius 1 is 0.414 bits per heavy atom. The Morgan fingerprint density at radius 3 is 1.62 bits per heavy atom. The molecule has 1 atom stereocenters. The highest BCUT2D eigenvalue weighted by Gasteiger charge is 2.48. The average Bonchev–Trinajstić information content (AvgIpc) is 3.61. The molecule has 7 heteroatoms. The third kappa shape index (κ3) is 5.36. The summed E-state index contributed by atoms with van der Waals surface area (Å²) in [5, 5.41) is 0. The Morgan fingerprint density at radius 2 is 1.00 bits per heavy atom. The van der Waals surface area contributed by atoms with Gasteiger partial charge in [-0.15, -0.1) is 0 Å². The van der Waals surface area contributed by atoms with E-state index in [1.807, 2.05) is 91.5 Å². The Kier molecular flexibility index (Phi) is 7.89. The number of benzene rings is 5. The molecule has 0 N–H and O–H groups in total. The molecule has 1 aliphatic carbocycles. The van der Waals surface area contributed by atoms with Crippen molar-refractivity contribution in [3.63, 3.8) is 0 Å².